The molecular weight excluding hydrogens is 328 g/mol. The second-order valence-electron chi connectivity index (χ2n) is 4.18. The molecule has 1 aromatic carbocycles. The minimum atomic E-state index is -0.541. The molecule has 0 aliphatic carbocycles. The van der Waals surface area contributed by atoms with Crippen LogP contribution in [0.3, 0.4) is 0 Å². The summed E-state index contributed by atoms with van der Waals surface area (Å²) in [6.07, 6.45) is 3.28. The van der Waals surface area contributed by atoms with E-state index in [4.69, 9.17) is 0 Å². The molecule has 1 heterocycles. The van der Waals surface area contributed by atoms with E-state index in [1.54, 1.807) is 19.3 Å². The van der Waals surface area contributed by atoms with Gasteiger partial charge in [-0.2, -0.15) is 5.10 Å². The predicted molar refractivity (Wildman–Crippen MR) is 75.3 cm³/mol. The van der Waals surface area contributed by atoms with Gasteiger partial charge < -0.3 is 5.32 Å². The van der Waals surface area contributed by atoms with Crippen molar-refractivity contribution in [1.82, 2.24) is 15.5 Å². The normalized spacial score (nSPS) is 11.9. The SMILES string of the molecule is CC(NC(=O)c1cc(Br)cc([N+](=O)[O-])c1)c1cn[nH]c1. The number of H-pyrrole nitrogens is 1. The number of rotatable bonds is 4. The van der Waals surface area contributed by atoms with Gasteiger partial charge in [0, 0.05) is 33.9 Å². The molecule has 1 aromatic heterocycles. The number of nitro groups is 1. The Bertz CT molecular complexity index is 642. The maximum absolute atomic E-state index is 12.1. The molecule has 0 aliphatic heterocycles. The lowest BCUT2D eigenvalue weighted by Gasteiger charge is -2.12. The lowest BCUT2D eigenvalue weighted by atomic mass is 10.1. The Morgan fingerprint density at radius 3 is 2.85 bits per heavy atom. The van der Waals surface area contributed by atoms with Crippen LogP contribution in [0.15, 0.2) is 35.1 Å². The van der Waals surface area contributed by atoms with Crippen LogP contribution in [-0.4, -0.2) is 21.0 Å². The van der Waals surface area contributed by atoms with Crippen LogP contribution in [0.25, 0.3) is 0 Å². The number of non-ortho nitro benzene ring substituents is 1. The number of aromatic amines is 1. The summed E-state index contributed by atoms with van der Waals surface area (Å²) in [5, 5.41) is 20.0. The van der Waals surface area contributed by atoms with E-state index in [2.05, 4.69) is 31.4 Å². The Labute approximate surface area is 122 Å². The number of benzene rings is 1. The van der Waals surface area contributed by atoms with Gasteiger partial charge in [0.25, 0.3) is 11.6 Å². The number of halogens is 1. The van der Waals surface area contributed by atoms with Gasteiger partial charge in [-0.15, -0.1) is 0 Å². The second kappa shape index (κ2) is 5.83. The summed E-state index contributed by atoms with van der Waals surface area (Å²) in [6.45, 7) is 1.80. The van der Waals surface area contributed by atoms with Gasteiger partial charge in [-0.3, -0.25) is 20.0 Å². The fraction of sp³-hybridized carbons (Fsp3) is 0.167. The highest BCUT2D eigenvalue weighted by atomic mass is 79.9. The first-order valence-electron chi connectivity index (χ1n) is 5.72. The first kappa shape index (κ1) is 14.2. The predicted octanol–water partition coefficient (Wildman–Crippen LogP) is 2.57. The van der Waals surface area contributed by atoms with Crippen molar-refractivity contribution in [3.63, 3.8) is 0 Å². The van der Waals surface area contributed by atoms with Crippen LogP contribution in [0.5, 0.6) is 0 Å². The van der Waals surface area contributed by atoms with Crippen molar-refractivity contribution in [3.05, 3.63) is 56.3 Å². The van der Waals surface area contributed by atoms with Crippen LogP contribution >= 0.6 is 15.9 Å². The Balaban J connectivity index is 2.19. The molecule has 1 amide bonds. The number of nitrogens with zero attached hydrogens (tertiary/aromatic N) is 2. The first-order chi connectivity index (χ1) is 9.47. The third-order valence-electron chi connectivity index (χ3n) is 2.72. The average molecular weight is 339 g/mol. The van der Waals surface area contributed by atoms with Crippen LogP contribution in [0.1, 0.15) is 28.9 Å². The van der Waals surface area contributed by atoms with E-state index in [0.29, 0.717) is 4.47 Å². The van der Waals surface area contributed by atoms with Gasteiger partial charge in [0.05, 0.1) is 17.2 Å². The third-order valence-corrected chi connectivity index (χ3v) is 3.18. The number of carbonyl (C=O) groups excluding carboxylic acids is 1. The van der Waals surface area contributed by atoms with Gasteiger partial charge in [-0.1, -0.05) is 15.9 Å². The van der Waals surface area contributed by atoms with E-state index in [9.17, 15) is 14.9 Å². The lowest BCUT2D eigenvalue weighted by Crippen LogP contribution is -2.26. The summed E-state index contributed by atoms with van der Waals surface area (Å²) in [4.78, 5) is 22.3. The van der Waals surface area contributed by atoms with Crippen molar-refractivity contribution >= 4 is 27.5 Å². The number of nitro benzene ring substituents is 1. The molecule has 2 N–H and O–H groups in total. The van der Waals surface area contributed by atoms with E-state index < -0.39 is 4.92 Å². The second-order valence-corrected chi connectivity index (χ2v) is 5.10. The molecule has 0 bridgehead atoms. The summed E-state index contributed by atoms with van der Waals surface area (Å²) in [6, 6.07) is 3.86. The zero-order valence-corrected chi connectivity index (χ0v) is 12.0. The van der Waals surface area contributed by atoms with Gasteiger partial charge in [0.1, 0.15) is 0 Å². The van der Waals surface area contributed by atoms with Gasteiger partial charge in [0.15, 0.2) is 0 Å². The number of carbonyl (C=O) groups is 1. The molecule has 2 aromatic rings. The van der Waals surface area contributed by atoms with E-state index in [0.717, 1.165) is 5.56 Å². The minimum absolute atomic E-state index is 0.138. The molecule has 0 saturated heterocycles. The molecule has 0 spiro atoms. The van der Waals surface area contributed by atoms with Crippen LogP contribution < -0.4 is 5.32 Å². The molecule has 7 nitrogen and oxygen atoms in total. The Morgan fingerprint density at radius 2 is 2.25 bits per heavy atom. The molecule has 1 atom stereocenters. The Kier molecular flexibility index (Phi) is 4.14. The van der Waals surface area contributed by atoms with Crippen LogP contribution in [-0.2, 0) is 0 Å². The van der Waals surface area contributed by atoms with Gasteiger partial charge >= 0.3 is 0 Å². The quantitative estimate of drug-likeness (QED) is 0.660. The summed E-state index contributed by atoms with van der Waals surface area (Å²) < 4.78 is 0.479. The molecule has 1 unspecified atom stereocenters. The van der Waals surface area contributed by atoms with Crippen LogP contribution in [0.2, 0.25) is 0 Å². The Hall–Kier alpha value is -2.22. The topological polar surface area (TPSA) is 101 Å². The number of nitrogens with one attached hydrogen (secondary N) is 2. The van der Waals surface area contributed by atoms with Crippen molar-refractivity contribution in [2.24, 2.45) is 0 Å². The fourth-order valence-corrected chi connectivity index (χ4v) is 2.15. The molecule has 20 heavy (non-hydrogen) atoms. The molecule has 2 rings (SSSR count). The molecule has 0 saturated carbocycles. The van der Waals surface area contributed by atoms with Gasteiger partial charge in [-0.25, -0.2) is 0 Å². The molecular formula is C12H11BrN4O3. The van der Waals surface area contributed by atoms with E-state index >= 15 is 0 Å². The van der Waals surface area contributed by atoms with E-state index in [1.165, 1.54) is 18.2 Å². The highest BCUT2D eigenvalue weighted by Gasteiger charge is 2.16. The summed E-state index contributed by atoms with van der Waals surface area (Å²) in [5.41, 5.74) is 0.907. The smallest absolute Gasteiger partial charge is 0.271 e. The summed E-state index contributed by atoms with van der Waals surface area (Å²) >= 11 is 3.16. The maximum Gasteiger partial charge on any atom is 0.271 e. The zero-order valence-electron chi connectivity index (χ0n) is 10.5. The fourth-order valence-electron chi connectivity index (χ4n) is 1.67. The molecule has 8 heteroatoms. The maximum atomic E-state index is 12.1. The van der Waals surface area contributed by atoms with Crippen molar-refractivity contribution in [3.8, 4) is 0 Å². The first-order valence-corrected chi connectivity index (χ1v) is 6.51. The lowest BCUT2D eigenvalue weighted by molar-refractivity contribution is -0.385. The summed E-state index contributed by atoms with van der Waals surface area (Å²) in [7, 11) is 0. The van der Waals surface area contributed by atoms with Gasteiger partial charge in [-0.05, 0) is 13.0 Å². The highest BCUT2D eigenvalue weighted by Crippen LogP contribution is 2.22. The standard InChI is InChI=1S/C12H11BrN4O3/c1-7(9-5-14-15-6-9)16-12(18)8-2-10(13)4-11(3-8)17(19)20/h2-7H,1H3,(H,14,15)(H,16,18). The molecule has 0 aliphatic rings. The average Bonchev–Trinajstić information content (AvgIpc) is 2.91. The van der Waals surface area contributed by atoms with Crippen molar-refractivity contribution < 1.29 is 9.72 Å². The van der Waals surface area contributed by atoms with Crippen molar-refractivity contribution in [1.29, 1.82) is 0 Å². The number of hydrogen-bond acceptors (Lipinski definition) is 4. The molecule has 0 radical (unpaired) electrons. The number of amides is 1. The van der Waals surface area contributed by atoms with E-state index in [-0.39, 0.29) is 23.2 Å². The third kappa shape index (κ3) is 3.21. The largest absolute Gasteiger partial charge is 0.345 e. The van der Waals surface area contributed by atoms with Crippen LogP contribution in [0, 0.1) is 10.1 Å². The Morgan fingerprint density at radius 1 is 1.50 bits per heavy atom. The minimum Gasteiger partial charge on any atom is -0.345 e. The number of aromatic nitrogens is 2. The zero-order chi connectivity index (χ0) is 14.7. The van der Waals surface area contributed by atoms with Crippen LogP contribution in [0.4, 0.5) is 5.69 Å². The highest BCUT2D eigenvalue weighted by molar-refractivity contribution is 9.10. The van der Waals surface area contributed by atoms with Gasteiger partial charge in [0.2, 0.25) is 0 Å². The number of hydrogen-bond donors (Lipinski definition) is 2. The molecule has 0 fully saturated rings. The monoisotopic (exact) mass is 338 g/mol. The molecule has 104 valence electrons. The van der Waals surface area contributed by atoms with E-state index in [1.807, 2.05) is 0 Å². The summed E-state index contributed by atoms with van der Waals surface area (Å²) in [5.74, 6) is -0.386. The van der Waals surface area contributed by atoms with Crippen molar-refractivity contribution in [2.45, 2.75) is 13.0 Å². The van der Waals surface area contributed by atoms with Crippen molar-refractivity contribution in [2.75, 3.05) is 0 Å².